The van der Waals surface area contributed by atoms with Crippen LogP contribution in [0.1, 0.15) is 32.6 Å². The van der Waals surface area contributed by atoms with E-state index in [0.717, 1.165) is 30.2 Å². The molecule has 0 atom stereocenters. The maximum atomic E-state index is 12.1. The molecule has 0 saturated carbocycles. The molecule has 0 heterocycles. The van der Waals surface area contributed by atoms with E-state index in [1.807, 2.05) is 0 Å². The number of hydrogen-bond donors (Lipinski definition) is 1. The summed E-state index contributed by atoms with van der Waals surface area (Å²) in [5.74, 6) is 0. The monoisotopic (exact) mass is 397 g/mol. The fraction of sp³-hybridized carbons (Fsp3) is 0.500. The average Bonchev–Trinajstić information content (AvgIpc) is 2.32. The smallest absolute Gasteiger partial charge is 0.211 e. The first-order valence-electron chi connectivity index (χ1n) is 5.92. The zero-order valence-electron chi connectivity index (χ0n) is 10.2. The lowest BCUT2D eigenvalue weighted by atomic mass is 10.2. The van der Waals surface area contributed by atoms with Crippen LogP contribution in [0.3, 0.4) is 0 Å². The second-order valence-corrected chi connectivity index (χ2v) is 7.54. The molecule has 0 aliphatic rings. The van der Waals surface area contributed by atoms with Crippen LogP contribution in [-0.4, -0.2) is 15.0 Å². The molecule has 0 aliphatic carbocycles. The Labute approximate surface area is 126 Å². The summed E-state index contributed by atoms with van der Waals surface area (Å²) < 4.78 is 28.1. The van der Waals surface area contributed by atoms with Gasteiger partial charge in [-0.2, -0.15) is 0 Å². The van der Waals surface area contributed by atoms with Gasteiger partial charge in [0, 0.05) is 15.5 Å². The second kappa shape index (κ2) is 7.62. The van der Waals surface area contributed by atoms with Crippen LogP contribution in [0.2, 0.25) is 0 Å². The van der Waals surface area contributed by atoms with E-state index in [1.54, 1.807) is 18.2 Å². The minimum absolute atomic E-state index is 0.271. The van der Waals surface area contributed by atoms with Gasteiger partial charge in [-0.1, -0.05) is 42.1 Å². The van der Waals surface area contributed by atoms with Gasteiger partial charge in [-0.15, -0.1) is 0 Å². The number of benzene rings is 1. The van der Waals surface area contributed by atoms with E-state index in [0.29, 0.717) is 11.0 Å². The highest BCUT2D eigenvalue weighted by molar-refractivity contribution is 9.11. The van der Waals surface area contributed by atoms with Gasteiger partial charge in [-0.3, -0.25) is 0 Å². The van der Waals surface area contributed by atoms with Crippen LogP contribution in [0.25, 0.3) is 0 Å². The molecule has 6 heteroatoms. The molecule has 0 radical (unpaired) electrons. The lowest BCUT2D eigenvalue weighted by Crippen LogP contribution is -2.25. The number of unbranched alkanes of at least 4 members (excludes halogenated alkanes) is 3. The summed E-state index contributed by atoms with van der Waals surface area (Å²) in [6, 6.07) is 5.11. The summed E-state index contributed by atoms with van der Waals surface area (Å²) in [4.78, 5) is 0.271. The quantitative estimate of drug-likeness (QED) is 0.703. The number of nitrogens with one attached hydrogen (secondary N) is 1. The van der Waals surface area contributed by atoms with Crippen LogP contribution in [0.15, 0.2) is 32.0 Å². The van der Waals surface area contributed by atoms with Crippen LogP contribution in [-0.2, 0) is 10.0 Å². The lowest BCUT2D eigenvalue weighted by molar-refractivity contribution is 0.573. The molecule has 1 aromatic carbocycles. The highest BCUT2D eigenvalue weighted by Crippen LogP contribution is 2.25. The average molecular weight is 399 g/mol. The van der Waals surface area contributed by atoms with Crippen molar-refractivity contribution in [3.05, 3.63) is 27.1 Å². The third kappa shape index (κ3) is 4.99. The van der Waals surface area contributed by atoms with Gasteiger partial charge in [0.2, 0.25) is 10.0 Å². The molecule has 0 fully saturated rings. The molecule has 18 heavy (non-hydrogen) atoms. The second-order valence-electron chi connectivity index (χ2n) is 4.03. The maximum Gasteiger partial charge on any atom is 0.241 e. The first-order chi connectivity index (χ1) is 8.47. The SMILES string of the molecule is CCCCCCNS(=O)(=O)c1cc(Br)ccc1Br. The van der Waals surface area contributed by atoms with Crippen molar-refractivity contribution >= 4 is 41.9 Å². The Kier molecular flexibility index (Phi) is 6.84. The minimum Gasteiger partial charge on any atom is -0.211 e. The predicted octanol–water partition coefficient (Wildman–Crippen LogP) is 4.07. The van der Waals surface area contributed by atoms with E-state index in [2.05, 4.69) is 43.5 Å². The molecule has 3 nitrogen and oxygen atoms in total. The Morgan fingerprint density at radius 1 is 1.17 bits per heavy atom. The standard InChI is InChI=1S/C12H17Br2NO2S/c1-2-3-4-5-8-15-18(16,17)12-9-10(13)6-7-11(12)14/h6-7,9,15H,2-5,8H2,1H3. The summed E-state index contributed by atoms with van der Waals surface area (Å²) in [5, 5.41) is 0. The van der Waals surface area contributed by atoms with Crippen molar-refractivity contribution in [3.63, 3.8) is 0 Å². The highest BCUT2D eigenvalue weighted by atomic mass is 79.9. The number of rotatable bonds is 7. The zero-order valence-corrected chi connectivity index (χ0v) is 14.2. The van der Waals surface area contributed by atoms with Gasteiger partial charge in [-0.05, 0) is 40.5 Å². The summed E-state index contributed by atoms with van der Waals surface area (Å²) in [6.07, 6.45) is 4.21. The fourth-order valence-electron chi connectivity index (χ4n) is 1.52. The van der Waals surface area contributed by atoms with Crippen LogP contribution < -0.4 is 4.72 Å². The van der Waals surface area contributed by atoms with Crippen molar-refractivity contribution in [2.75, 3.05) is 6.54 Å². The molecule has 1 aromatic rings. The lowest BCUT2D eigenvalue weighted by Gasteiger charge is -2.08. The van der Waals surface area contributed by atoms with E-state index in [9.17, 15) is 8.42 Å². The molecular weight excluding hydrogens is 382 g/mol. The fourth-order valence-corrected chi connectivity index (χ4v) is 4.09. The Morgan fingerprint density at radius 3 is 2.56 bits per heavy atom. The first kappa shape index (κ1) is 16.1. The van der Waals surface area contributed by atoms with E-state index >= 15 is 0 Å². The van der Waals surface area contributed by atoms with Crippen molar-refractivity contribution in [1.29, 1.82) is 0 Å². The van der Waals surface area contributed by atoms with Gasteiger partial charge in [0.25, 0.3) is 0 Å². The molecule has 0 aromatic heterocycles. The summed E-state index contributed by atoms with van der Waals surface area (Å²) in [5.41, 5.74) is 0. The normalized spacial score (nSPS) is 11.7. The van der Waals surface area contributed by atoms with Gasteiger partial charge >= 0.3 is 0 Å². The third-order valence-electron chi connectivity index (χ3n) is 2.51. The van der Waals surface area contributed by atoms with Crippen molar-refractivity contribution in [1.82, 2.24) is 4.72 Å². The molecule has 102 valence electrons. The topological polar surface area (TPSA) is 46.2 Å². The molecule has 0 aliphatic heterocycles. The molecular formula is C12H17Br2NO2S. The van der Waals surface area contributed by atoms with Gasteiger partial charge in [0.1, 0.15) is 0 Å². The van der Waals surface area contributed by atoms with Gasteiger partial charge in [0.05, 0.1) is 4.90 Å². The van der Waals surface area contributed by atoms with Crippen LogP contribution in [0.5, 0.6) is 0 Å². The summed E-state index contributed by atoms with van der Waals surface area (Å²) >= 11 is 6.54. The maximum absolute atomic E-state index is 12.1. The number of hydrogen-bond acceptors (Lipinski definition) is 2. The zero-order chi connectivity index (χ0) is 13.6. The minimum atomic E-state index is -3.43. The van der Waals surface area contributed by atoms with E-state index in [1.165, 1.54) is 0 Å². The van der Waals surface area contributed by atoms with Crippen molar-refractivity contribution in [2.45, 2.75) is 37.5 Å². The molecule has 0 spiro atoms. The van der Waals surface area contributed by atoms with Crippen LogP contribution in [0.4, 0.5) is 0 Å². The Balaban J connectivity index is 2.66. The number of sulfonamides is 1. The third-order valence-corrected chi connectivity index (χ3v) is 5.45. The van der Waals surface area contributed by atoms with Crippen LogP contribution in [0, 0.1) is 0 Å². The molecule has 0 saturated heterocycles. The largest absolute Gasteiger partial charge is 0.241 e. The van der Waals surface area contributed by atoms with Crippen molar-refractivity contribution in [3.8, 4) is 0 Å². The van der Waals surface area contributed by atoms with E-state index in [-0.39, 0.29) is 4.90 Å². The van der Waals surface area contributed by atoms with Crippen molar-refractivity contribution < 1.29 is 8.42 Å². The highest BCUT2D eigenvalue weighted by Gasteiger charge is 2.17. The summed E-state index contributed by atoms with van der Waals surface area (Å²) in [6.45, 7) is 2.62. The molecule has 1 rings (SSSR count). The molecule has 0 amide bonds. The summed E-state index contributed by atoms with van der Waals surface area (Å²) in [7, 11) is -3.43. The Hall–Kier alpha value is 0.0900. The predicted molar refractivity (Wildman–Crippen MR) is 81.2 cm³/mol. The first-order valence-corrected chi connectivity index (χ1v) is 8.99. The van der Waals surface area contributed by atoms with Crippen LogP contribution >= 0.6 is 31.9 Å². The number of halogens is 2. The van der Waals surface area contributed by atoms with E-state index in [4.69, 9.17) is 0 Å². The van der Waals surface area contributed by atoms with Gasteiger partial charge in [0.15, 0.2) is 0 Å². The molecule has 0 unspecified atom stereocenters. The molecule has 1 N–H and O–H groups in total. The van der Waals surface area contributed by atoms with Crippen molar-refractivity contribution in [2.24, 2.45) is 0 Å². The van der Waals surface area contributed by atoms with Gasteiger partial charge < -0.3 is 0 Å². The molecule has 0 bridgehead atoms. The Morgan fingerprint density at radius 2 is 1.89 bits per heavy atom. The van der Waals surface area contributed by atoms with E-state index < -0.39 is 10.0 Å². The Bertz CT molecular complexity index is 489. The van der Waals surface area contributed by atoms with Gasteiger partial charge in [-0.25, -0.2) is 13.1 Å².